The van der Waals surface area contributed by atoms with Gasteiger partial charge in [-0.1, -0.05) is 5.16 Å². The molecule has 0 unspecified atom stereocenters. The Morgan fingerprint density at radius 2 is 1.95 bits per heavy atom. The maximum atomic E-state index is 11.8. The first-order chi connectivity index (χ1) is 9.58. The first kappa shape index (κ1) is 14.0. The van der Waals surface area contributed by atoms with Crippen molar-refractivity contribution in [1.29, 1.82) is 0 Å². The number of piperazine rings is 1. The lowest BCUT2D eigenvalue weighted by Crippen LogP contribution is -2.48. The van der Waals surface area contributed by atoms with Gasteiger partial charge < -0.3 is 4.52 Å². The third-order valence-corrected chi connectivity index (χ3v) is 5.76. The Morgan fingerprint density at radius 1 is 1.25 bits per heavy atom. The number of aromatic nitrogens is 2. The predicted octanol–water partition coefficient (Wildman–Crippen LogP) is 0.414. The Hall–Kier alpha value is -0.990. The van der Waals surface area contributed by atoms with Crippen LogP contribution < -0.4 is 0 Å². The summed E-state index contributed by atoms with van der Waals surface area (Å²) in [5.41, 5.74) is 0. The molecule has 0 bridgehead atoms. The summed E-state index contributed by atoms with van der Waals surface area (Å²) in [6.07, 6.45) is 2.32. The highest BCUT2D eigenvalue weighted by Gasteiger charge is 2.30. The van der Waals surface area contributed by atoms with Gasteiger partial charge in [0.05, 0.1) is 12.3 Å². The van der Waals surface area contributed by atoms with Crippen molar-refractivity contribution in [2.24, 2.45) is 0 Å². The molecule has 0 N–H and O–H groups in total. The molecule has 2 fully saturated rings. The molecule has 1 aromatic rings. The number of rotatable bonds is 5. The zero-order valence-corrected chi connectivity index (χ0v) is 12.5. The van der Waals surface area contributed by atoms with Crippen molar-refractivity contribution in [3.05, 3.63) is 11.7 Å². The standard InChI is InChI=1S/C12H20N4O3S/c1-2-20(17,18)16-7-5-15(6-8-16)9-11-13-12(14-19-11)10-3-4-10/h10H,2-9H2,1H3. The molecule has 0 aromatic carbocycles. The molecule has 8 heteroatoms. The number of nitrogens with zero attached hydrogens (tertiary/aromatic N) is 4. The topological polar surface area (TPSA) is 79.5 Å². The second-order valence-electron chi connectivity index (χ2n) is 5.40. The molecule has 0 spiro atoms. The van der Waals surface area contributed by atoms with E-state index in [9.17, 15) is 8.42 Å². The van der Waals surface area contributed by atoms with Crippen LogP contribution >= 0.6 is 0 Å². The minimum atomic E-state index is -3.06. The predicted molar refractivity (Wildman–Crippen MR) is 72.6 cm³/mol. The highest BCUT2D eigenvalue weighted by molar-refractivity contribution is 7.89. The molecule has 1 aromatic heterocycles. The molecule has 0 atom stereocenters. The maximum Gasteiger partial charge on any atom is 0.240 e. The van der Waals surface area contributed by atoms with E-state index in [0.29, 0.717) is 44.5 Å². The van der Waals surface area contributed by atoms with Crippen molar-refractivity contribution in [3.8, 4) is 0 Å². The van der Waals surface area contributed by atoms with E-state index in [-0.39, 0.29) is 5.75 Å². The minimum absolute atomic E-state index is 0.168. The van der Waals surface area contributed by atoms with Crippen molar-refractivity contribution in [3.63, 3.8) is 0 Å². The van der Waals surface area contributed by atoms with Crippen LogP contribution in [0.2, 0.25) is 0 Å². The molecule has 2 aliphatic rings. The van der Waals surface area contributed by atoms with Crippen LogP contribution in [0.25, 0.3) is 0 Å². The summed E-state index contributed by atoms with van der Waals surface area (Å²) in [6, 6.07) is 0. The molecular weight excluding hydrogens is 280 g/mol. The molecule has 1 saturated heterocycles. The fraction of sp³-hybridized carbons (Fsp3) is 0.833. The molecule has 2 heterocycles. The normalized spacial score (nSPS) is 22.2. The molecule has 20 heavy (non-hydrogen) atoms. The summed E-state index contributed by atoms with van der Waals surface area (Å²) in [5, 5.41) is 3.99. The summed E-state index contributed by atoms with van der Waals surface area (Å²) in [5.74, 6) is 2.13. The summed E-state index contributed by atoms with van der Waals surface area (Å²) < 4.78 is 30.4. The van der Waals surface area contributed by atoms with E-state index >= 15 is 0 Å². The number of hydrogen-bond acceptors (Lipinski definition) is 6. The van der Waals surface area contributed by atoms with Crippen LogP contribution in [0.3, 0.4) is 0 Å². The van der Waals surface area contributed by atoms with E-state index in [1.165, 1.54) is 0 Å². The lowest BCUT2D eigenvalue weighted by Gasteiger charge is -2.32. The minimum Gasteiger partial charge on any atom is -0.338 e. The van der Waals surface area contributed by atoms with Gasteiger partial charge in [0.1, 0.15) is 0 Å². The Kier molecular flexibility index (Phi) is 3.78. The summed E-state index contributed by atoms with van der Waals surface area (Å²) in [6.45, 7) is 4.79. The van der Waals surface area contributed by atoms with Crippen molar-refractivity contribution in [2.45, 2.75) is 32.2 Å². The summed E-state index contributed by atoms with van der Waals surface area (Å²) in [7, 11) is -3.06. The van der Waals surface area contributed by atoms with E-state index in [2.05, 4.69) is 15.0 Å². The smallest absolute Gasteiger partial charge is 0.240 e. The maximum absolute atomic E-state index is 11.8. The largest absolute Gasteiger partial charge is 0.338 e. The van der Waals surface area contributed by atoms with E-state index in [1.54, 1.807) is 11.2 Å². The van der Waals surface area contributed by atoms with Crippen LogP contribution in [-0.4, -0.2) is 59.7 Å². The molecule has 3 rings (SSSR count). The van der Waals surface area contributed by atoms with Gasteiger partial charge in [-0.15, -0.1) is 0 Å². The van der Waals surface area contributed by atoms with Crippen molar-refractivity contribution < 1.29 is 12.9 Å². The van der Waals surface area contributed by atoms with Crippen LogP contribution in [-0.2, 0) is 16.6 Å². The monoisotopic (exact) mass is 300 g/mol. The first-order valence-electron chi connectivity index (χ1n) is 7.11. The van der Waals surface area contributed by atoms with E-state index < -0.39 is 10.0 Å². The van der Waals surface area contributed by atoms with E-state index in [4.69, 9.17) is 4.52 Å². The first-order valence-corrected chi connectivity index (χ1v) is 8.72. The number of hydrogen-bond donors (Lipinski definition) is 0. The molecule has 112 valence electrons. The van der Waals surface area contributed by atoms with Gasteiger partial charge in [0.2, 0.25) is 15.9 Å². The average Bonchev–Trinajstić information content (AvgIpc) is 3.20. The SMILES string of the molecule is CCS(=O)(=O)N1CCN(Cc2nc(C3CC3)no2)CC1. The third-order valence-electron chi connectivity index (χ3n) is 3.87. The second kappa shape index (κ2) is 5.42. The van der Waals surface area contributed by atoms with Gasteiger partial charge in [0.15, 0.2) is 5.82 Å². The highest BCUT2D eigenvalue weighted by Crippen LogP contribution is 2.38. The van der Waals surface area contributed by atoms with Crippen LogP contribution in [0.15, 0.2) is 4.52 Å². The Labute approximate surface area is 119 Å². The van der Waals surface area contributed by atoms with Gasteiger partial charge in [-0.25, -0.2) is 8.42 Å². The molecule has 1 aliphatic carbocycles. The van der Waals surface area contributed by atoms with E-state index in [1.807, 2.05) is 0 Å². The summed E-state index contributed by atoms with van der Waals surface area (Å²) >= 11 is 0. The fourth-order valence-corrected chi connectivity index (χ4v) is 3.46. The fourth-order valence-electron chi connectivity index (χ4n) is 2.38. The van der Waals surface area contributed by atoms with Gasteiger partial charge in [-0.2, -0.15) is 9.29 Å². The Balaban J connectivity index is 1.53. The van der Waals surface area contributed by atoms with Crippen LogP contribution in [0, 0.1) is 0 Å². The van der Waals surface area contributed by atoms with Crippen molar-refractivity contribution in [1.82, 2.24) is 19.3 Å². The molecular formula is C12H20N4O3S. The van der Waals surface area contributed by atoms with Gasteiger partial charge in [-0.05, 0) is 19.8 Å². The van der Waals surface area contributed by atoms with Crippen LogP contribution in [0.5, 0.6) is 0 Å². The van der Waals surface area contributed by atoms with Crippen LogP contribution in [0.4, 0.5) is 0 Å². The molecule has 1 saturated carbocycles. The van der Waals surface area contributed by atoms with Crippen molar-refractivity contribution in [2.75, 3.05) is 31.9 Å². The van der Waals surface area contributed by atoms with Crippen LogP contribution in [0.1, 0.15) is 37.4 Å². The molecule has 0 radical (unpaired) electrons. The van der Waals surface area contributed by atoms with E-state index in [0.717, 1.165) is 18.7 Å². The molecule has 0 amide bonds. The lowest BCUT2D eigenvalue weighted by atomic mass is 10.3. The van der Waals surface area contributed by atoms with Gasteiger partial charge in [-0.3, -0.25) is 4.90 Å². The highest BCUT2D eigenvalue weighted by atomic mass is 32.2. The quantitative estimate of drug-likeness (QED) is 0.784. The summed E-state index contributed by atoms with van der Waals surface area (Å²) in [4.78, 5) is 6.56. The lowest BCUT2D eigenvalue weighted by molar-refractivity contribution is 0.163. The van der Waals surface area contributed by atoms with Gasteiger partial charge >= 0.3 is 0 Å². The zero-order valence-electron chi connectivity index (χ0n) is 11.7. The molecule has 1 aliphatic heterocycles. The Bertz CT molecular complexity index is 559. The van der Waals surface area contributed by atoms with Gasteiger partial charge in [0.25, 0.3) is 0 Å². The zero-order chi connectivity index (χ0) is 14.2. The van der Waals surface area contributed by atoms with Crippen molar-refractivity contribution >= 4 is 10.0 Å². The number of sulfonamides is 1. The second-order valence-corrected chi connectivity index (χ2v) is 7.65. The average molecular weight is 300 g/mol. The Morgan fingerprint density at radius 3 is 2.55 bits per heavy atom. The molecule has 7 nitrogen and oxygen atoms in total. The third kappa shape index (κ3) is 3.02. The van der Waals surface area contributed by atoms with Gasteiger partial charge in [0, 0.05) is 32.1 Å².